The van der Waals surface area contributed by atoms with Gasteiger partial charge in [-0.1, -0.05) is 0 Å². The number of rotatable bonds is 0. The SMILES string of the molecule is CC1=CC=C(F)CO1. The topological polar surface area (TPSA) is 9.23 Å². The summed E-state index contributed by atoms with van der Waals surface area (Å²) in [5.41, 5.74) is 0. The highest BCUT2D eigenvalue weighted by Crippen LogP contribution is 2.08. The van der Waals surface area contributed by atoms with Gasteiger partial charge in [-0.15, -0.1) is 0 Å². The third-order valence-electron chi connectivity index (χ3n) is 0.937. The maximum absolute atomic E-state index is 12.0. The second-order valence-corrected chi connectivity index (χ2v) is 1.68. The molecule has 0 amide bonds. The first-order valence-corrected chi connectivity index (χ1v) is 2.45. The van der Waals surface area contributed by atoms with Crippen molar-refractivity contribution in [2.75, 3.05) is 6.61 Å². The van der Waals surface area contributed by atoms with Crippen molar-refractivity contribution in [2.45, 2.75) is 6.92 Å². The van der Waals surface area contributed by atoms with E-state index in [1.807, 2.05) is 0 Å². The van der Waals surface area contributed by atoms with Crippen LogP contribution in [-0.2, 0) is 4.74 Å². The first-order valence-electron chi connectivity index (χ1n) is 2.45. The quantitative estimate of drug-likeness (QED) is 0.466. The zero-order valence-corrected chi connectivity index (χ0v) is 4.65. The second kappa shape index (κ2) is 1.99. The van der Waals surface area contributed by atoms with Gasteiger partial charge in [0.25, 0.3) is 0 Å². The Balaban J connectivity index is 2.65. The molecule has 1 heterocycles. The summed E-state index contributed by atoms with van der Waals surface area (Å²) in [6.45, 7) is 1.89. The monoisotopic (exact) mass is 114 g/mol. The summed E-state index contributed by atoms with van der Waals surface area (Å²) < 4.78 is 16.9. The average Bonchev–Trinajstić information content (AvgIpc) is 1.77. The van der Waals surface area contributed by atoms with Crippen molar-refractivity contribution in [3.05, 3.63) is 23.7 Å². The molecule has 0 saturated heterocycles. The Bertz CT molecular complexity index is 129. The molecule has 0 atom stereocenters. The van der Waals surface area contributed by atoms with Crippen molar-refractivity contribution in [3.63, 3.8) is 0 Å². The summed E-state index contributed by atoms with van der Waals surface area (Å²) in [4.78, 5) is 0. The molecule has 0 spiro atoms. The summed E-state index contributed by atoms with van der Waals surface area (Å²) in [6.07, 6.45) is 3.03. The van der Waals surface area contributed by atoms with Crippen LogP contribution in [0.25, 0.3) is 0 Å². The van der Waals surface area contributed by atoms with Gasteiger partial charge in [-0.05, 0) is 19.1 Å². The first kappa shape index (κ1) is 5.35. The molecule has 0 aromatic rings. The zero-order chi connectivity index (χ0) is 5.98. The smallest absolute Gasteiger partial charge is 0.139 e. The number of ether oxygens (including phenoxy) is 1. The molecule has 0 unspecified atom stereocenters. The third kappa shape index (κ3) is 1.09. The van der Waals surface area contributed by atoms with Crippen molar-refractivity contribution < 1.29 is 9.13 Å². The largest absolute Gasteiger partial charge is 0.491 e. The number of halogens is 1. The Kier molecular flexibility index (Phi) is 1.33. The number of hydrogen-bond donors (Lipinski definition) is 0. The zero-order valence-electron chi connectivity index (χ0n) is 4.65. The van der Waals surface area contributed by atoms with Crippen LogP contribution < -0.4 is 0 Å². The van der Waals surface area contributed by atoms with E-state index in [4.69, 9.17) is 4.74 Å². The van der Waals surface area contributed by atoms with E-state index in [-0.39, 0.29) is 12.4 Å². The van der Waals surface area contributed by atoms with Gasteiger partial charge in [-0.2, -0.15) is 0 Å². The number of hydrogen-bond acceptors (Lipinski definition) is 1. The standard InChI is InChI=1S/C6H7FO/c1-5-2-3-6(7)4-8-5/h2-3H,4H2,1H3. The Morgan fingerprint density at radius 1 is 1.62 bits per heavy atom. The van der Waals surface area contributed by atoms with Gasteiger partial charge in [-0.3, -0.25) is 0 Å². The van der Waals surface area contributed by atoms with Crippen molar-refractivity contribution >= 4 is 0 Å². The minimum absolute atomic E-state index is 0.0995. The van der Waals surface area contributed by atoms with Crippen LogP contribution >= 0.6 is 0 Å². The molecular formula is C6H7FO. The minimum atomic E-state index is -0.212. The van der Waals surface area contributed by atoms with Crippen molar-refractivity contribution in [1.82, 2.24) is 0 Å². The molecule has 0 aromatic heterocycles. The Labute approximate surface area is 47.5 Å². The summed E-state index contributed by atoms with van der Waals surface area (Å²) >= 11 is 0. The second-order valence-electron chi connectivity index (χ2n) is 1.68. The molecule has 0 saturated carbocycles. The van der Waals surface area contributed by atoms with E-state index in [0.29, 0.717) is 0 Å². The predicted molar refractivity (Wildman–Crippen MR) is 28.9 cm³/mol. The van der Waals surface area contributed by atoms with Crippen molar-refractivity contribution in [2.24, 2.45) is 0 Å². The van der Waals surface area contributed by atoms with Crippen molar-refractivity contribution in [3.8, 4) is 0 Å². The van der Waals surface area contributed by atoms with Gasteiger partial charge in [0.2, 0.25) is 0 Å². The maximum Gasteiger partial charge on any atom is 0.139 e. The Morgan fingerprint density at radius 3 is 2.75 bits per heavy atom. The Morgan fingerprint density at radius 2 is 2.38 bits per heavy atom. The summed E-state index contributed by atoms with van der Waals surface area (Å²) in [5, 5.41) is 0. The van der Waals surface area contributed by atoms with E-state index >= 15 is 0 Å². The first-order chi connectivity index (χ1) is 3.79. The summed E-state index contributed by atoms with van der Waals surface area (Å²) in [7, 11) is 0. The van der Waals surface area contributed by atoms with Gasteiger partial charge in [0.05, 0.1) is 5.76 Å². The molecule has 0 fully saturated rings. The van der Waals surface area contributed by atoms with Crippen LogP contribution in [-0.4, -0.2) is 6.61 Å². The molecule has 2 heteroatoms. The lowest BCUT2D eigenvalue weighted by molar-refractivity contribution is 0.215. The third-order valence-corrected chi connectivity index (χ3v) is 0.937. The number of allylic oxidation sites excluding steroid dienone is 3. The lowest BCUT2D eigenvalue weighted by atomic mass is 10.3. The Hall–Kier alpha value is -0.790. The van der Waals surface area contributed by atoms with Gasteiger partial charge in [0.15, 0.2) is 0 Å². The van der Waals surface area contributed by atoms with Crippen LogP contribution in [0.2, 0.25) is 0 Å². The van der Waals surface area contributed by atoms with E-state index in [1.165, 1.54) is 6.08 Å². The molecule has 0 bridgehead atoms. The highest BCUT2D eigenvalue weighted by atomic mass is 19.1. The molecule has 1 rings (SSSR count). The molecule has 1 aliphatic heterocycles. The summed E-state index contributed by atoms with van der Waals surface area (Å²) in [5.74, 6) is 0.557. The predicted octanol–water partition coefficient (Wildman–Crippen LogP) is 1.77. The van der Waals surface area contributed by atoms with Crippen LogP contribution in [0.3, 0.4) is 0 Å². The van der Waals surface area contributed by atoms with Crippen LogP contribution in [0.5, 0.6) is 0 Å². The van der Waals surface area contributed by atoms with Crippen LogP contribution in [0.15, 0.2) is 23.7 Å². The molecule has 0 radical (unpaired) electrons. The maximum atomic E-state index is 12.0. The van der Waals surface area contributed by atoms with Gasteiger partial charge in [0, 0.05) is 0 Å². The highest BCUT2D eigenvalue weighted by Gasteiger charge is 1.99. The van der Waals surface area contributed by atoms with E-state index in [2.05, 4.69) is 0 Å². The van der Waals surface area contributed by atoms with Crippen LogP contribution in [0.4, 0.5) is 4.39 Å². The van der Waals surface area contributed by atoms with Gasteiger partial charge < -0.3 is 4.74 Å². The van der Waals surface area contributed by atoms with Gasteiger partial charge in [0.1, 0.15) is 12.4 Å². The molecular weight excluding hydrogens is 107 g/mol. The highest BCUT2D eigenvalue weighted by molar-refractivity contribution is 5.13. The lowest BCUT2D eigenvalue weighted by Crippen LogP contribution is -1.96. The minimum Gasteiger partial charge on any atom is -0.491 e. The molecule has 8 heavy (non-hydrogen) atoms. The van der Waals surface area contributed by atoms with E-state index < -0.39 is 0 Å². The summed E-state index contributed by atoms with van der Waals surface area (Å²) in [6, 6.07) is 0. The van der Waals surface area contributed by atoms with E-state index in [9.17, 15) is 4.39 Å². The van der Waals surface area contributed by atoms with Crippen molar-refractivity contribution in [1.29, 1.82) is 0 Å². The fourth-order valence-corrected chi connectivity index (χ4v) is 0.487. The van der Waals surface area contributed by atoms with Gasteiger partial charge >= 0.3 is 0 Å². The van der Waals surface area contributed by atoms with Crippen LogP contribution in [0, 0.1) is 0 Å². The molecule has 0 aromatic carbocycles. The molecule has 44 valence electrons. The molecule has 0 N–H and O–H groups in total. The van der Waals surface area contributed by atoms with Crippen LogP contribution in [0.1, 0.15) is 6.92 Å². The lowest BCUT2D eigenvalue weighted by Gasteiger charge is -2.06. The normalized spacial score (nSPS) is 18.8. The van der Waals surface area contributed by atoms with E-state index in [0.717, 1.165) is 5.76 Å². The average molecular weight is 114 g/mol. The fraction of sp³-hybridized carbons (Fsp3) is 0.333. The van der Waals surface area contributed by atoms with Gasteiger partial charge in [-0.25, -0.2) is 4.39 Å². The molecule has 1 aliphatic rings. The fourth-order valence-electron chi connectivity index (χ4n) is 0.487. The molecule has 1 nitrogen and oxygen atoms in total. The molecule has 0 aliphatic carbocycles. The van der Waals surface area contributed by atoms with E-state index in [1.54, 1.807) is 13.0 Å².